The molecule has 0 aliphatic carbocycles. The van der Waals surface area contributed by atoms with Crippen molar-refractivity contribution in [2.75, 3.05) is 5.32 Å². The number of carbonyl (C=O) groups excluding carboxylic acids is 1. The fourth-order valence-corrected chi connectivity index (χ4v) is 3.43. The van der Waals surface area contributed by atoms with Crippen molar-refractivity contribution in [1.29, 1.82) is 0 Å². The highest BCUT2D eigenvalue weighted by molar-refractivity contribution is 7.17. The minimum Gasteiger partial charge on any atom is -0.508 e. The number of rotatable bonds is 2. The molecule has 1 unspecified atom stereocenters. The lowest BCUT2D eigenvalue weighted by atomic mass is 10.0. The second-order valence-electron chi connectivity index (χ2n) is 4.99. The normalized spacial score (nSPS) is 17.1. The van der Waals surface area contributed by atoms with Crippen LogP contribution in [0.4, 0.5) is 11.4 Å². The fourth-order valence-electron chi connectivity index (χ4n) is 2.55. The Labute approximate surface area is 130 Å². The maximum absolute atomic E-state index is 12.2. The van der Waals surface area contributed by atoms with Crippen LogP contribution in [0.3, 0.4) is 0 Å². The number of carbonyl (C=O) groups is 1. The number of amides is 1. The Kier molecular flexibility index (Phi) is 2.90. The molecule has 0 fully saturated rings. The minimum absolute atomic E-state index is 0.0848. The van der Waals surface area contributed by atoms with E-state index in [1.807, 2.05) is 12.1 Å². The number of phenols is 1. The fraction of sp³-hybridized carbons (Fsp3) is 0.0625. The number of hydrogen-bond donors (Lipinski definition) is 2. The molecular weight excluding hydrogens is 298 g/mol. The van der Waals surface area contributed by atoms with Gasteiger partial charge in [0.05, 0.1) is 21.4 Å². The minimum atomic E-state index is -0.423. The molecule has 0 saturated heterocycles. The molecule has 2 heterocycles. The van der Waals surface area contributed by atoms with E-state index in [0.29, 0.717) is 5.69 Å². The zero-order valence-electron chi connectivity index (χ0n) is 11.4. The first kappa shape index (κ1) is 13.0. The topological polar surface area (TPSA) is 74.6 Å². The van der Waals surface area contributed by atoms with Crippen LogP contribution in [-0.2, 0) is 4.79 Å². The number of aliphatic imine (C=N–C) groups is 1. The summed E-state index contributed by atoms with van der Waals surface area (Å²) in [7, 11) is 0. The van der Waals surface area contributed by atoms with Crippen molar-refractivity contribution in [3.05, 3.63) is 47.5 Å². The van der Waals surface area contributed by atoms with Crippen molar-refractivity contribution in [2.45, 2.75) is 5.92 Å². The highest BCUT2D eigenvalue weighted by Crippen LogP contribution is 2.39. The van der Waals surface area contributed by atoms with Crippen LogP contribution in [0.25, 0.3) is 10.2 Å². The van der Waals surface area contributed by atoms with Crippen molar-refractivity contribution < 1.29 is 9.90 Å². The van der Waals surface area contributed by atoms with E-state index in [1.54, 1.807) is 36.0 Å². The van der Waals surface area contributed by atoms with Crippen molar-refractivity contribution in [3.8, 4) is 5.75 Å². The zero-order chi connectivity index (χ0) is 15.1. The number of fused-ring (bicyclic) bond motifs is 3. The summed E-state index contributed by atoms with van der Waals surface area (Å²) in [6.07, 6.45) is 1.65. The largest absolute Gasteiger partial charge is 0.508 e. The van der Waals surface area contributed by atoms with Gasteiger partial charge in [-0.3, -0.25) is 9.79 Å². The van der Waals surface area contributed by atoms with Crippen molar-refractivity contribution in [1.82, 2.24) is 4.98 Å². The molecule has 1 atom stereocenters. The third-order valence-electron chi connectivity index (χ3n) is 3.61. The van der Waals surface area contributed by atoms with Gasteiger partial charge in [-0.2, -0.15) is 0 Å². The second kappa shape index (κ2) is 4.92. The Hall–Kier alpha value is -2.73. The van der Waals surface area contributed by atoms with E-state index in [9.17, 15) is 9.90 Å². The number of nitrogens with one attached hydrogen (secondary N) is 1. The number of anilines is 1. The molecule has 1 aliphatic heterocycles. The van der Waals surface area contributed by atoms with Gasteiger partial charge in [-0.15, -0.1) is 11.3 Å². The molecule has 1 aliphatic rings. The van der Waals surface area contributed by atoms with E-state index in [4.69, 9.17) is 0 Å². The molecule has 0 saturated carbocycles. The average Bonchev–Trinajstić information content (AvgIpc) is 3.10. The standard InChI is InChI=1S/C16H11N3O2S/c20-10-3-1-9(2-4-10)17-7-11-14-12(19-16(11)21)5-6-13-15(14)22-8-18-13/h1-8,11,20H,(H,19,21). The molecule has 3 aromatic rings. The van der Waals surface area contributed by atoms with Gasteiger partial charge in [0.2, 0.25) is 5.91 Å². The van der Waals surface area contributed by atoms with E-state index >= 15 is 0 Å². The molecule has 4 rings (SSSR count). The maximum Gasteiger partial charge on any atom is 0.237 e. The highest BCUT2D eigenvalue weighted by Gasteiger charge is 2.31. The number of nitrogens with zero attached hydrogens (tertiary/aromatic N) is 2. The van der Waals surface area contributed by atoms with Crippen LogP contribution >= 0.6 is 11.3 Å². The second-order valence-corrected chi connectivity index (χ2v) is 5.84. The monoisotopic (exact) mass is 309 g/mol. The SMILES string of the molecule is O=C1Nc2ccc3ncsc3c2C1C=Nc1ccc(O)cc1. The van der Waals surface area contributed by atoms with Crippen LogP contribution in [0, 0.1) is 0 Å². The lowest BCUT2D eigenvalue weighted by Gasteiger charge is -2.03. The molecule has 1 aromatic heterocycles. The summed E-state index contributed by atoms with van der Waals surface area (Å²) in [5.74, 6) is -0.319. The van der Waals surface area contributed by atoms with Gasteiger partial charge < -0.3 is 10.4 Å². The van der Waals surface area contributed by atoms with Gasteiger partial charge >= 0.3 is 0 Å². The molecule has 22 heavy (non-hydrogen) atoms. The van der Waals surface area contributed by atoms with E-state index in [-0.39, 0.29) is 11.7 Å². The van der Waals surface area contributed by atoms with Crippen LogP contribution in [0.1, 0.15) is 11.5 Å². The van der Waals surface area contributed by atoms with Crippen LogP contribution in [-0.4, -0.2) is 22.2 Å². The number of benzene rings is 2. The molecule has 0 bridgehead atoms. The molecule has 6 heteroatoms. The molecular formula is C16H11N3O2S. The predicted octanol–water partition coefficient (Wildman–Crippen LogP) is 3.44. The molecule has 108 valence electrons. The summed E-state index contributed by atoms with van der Waals surface area (Å²) in [5, 5.41) is 12.2. The van der Waals surface area contributed by atoms with E-state index < -0.39 is 5.92 Å². The lowest BCUT2D eigenvalue weighted by molar-refractivity contribution is -0.115. The van der Waals surface area contributed by atoms with Gasteiger partial charge in [-0.1, -0.05) is 0 Å². The Morgan fingerprint density at radius 3 is 2.86 bits per heavy atom. The molecule has 2 N–H and O–H groups in total. The lowest BCUT2D eigenvalue weighted by Crippen LogP contribution is -2.12. The molecule has 0 spiro atoms. The van der Waals surface area contributed by atoms with Crippen LogP contribution in [0.2, 0.25) is 0 Å². The Morgan fingerprint density at radius 1 is 1.23 bits per heavy atom. The Morgan fingerprint density at radius 2 is 2.05 bits per heavy atom. The van der Waals surface area contributed by atoms with Gasteiger partial charge in [0.1, 0.15) is 11.7 Å². The Bertz CT molecular complexity index is 899. The smallest absolute Gasteiger partial charge is 0.237 e. The maximum atomic E-state index is 12.2. The van der Waals surface area contributed by atoms with E-state index in [0.717, 1.165) is 21.5 Å². The van der Waals surface area contributed by atoms with E-state index in [2.05, 4.69) is 15.3 Å². The third kappa shape index (κ3) is 2.05. The molecule has 1 amide bonds. The summed E-state index contributed by atoms with van der Waals surface area (Å²) in [5.41, 5.74) is 5.12. The summed E-state index contributed by atoms with van der Waals surface area (Å²) in [6, 6.07) is 10.3. The Balaban J connectivity index is 1.75. The van der Waals surface area contributed by atoms with Crippen LogP contribution in [0.15, 0.2) is 46.9 Å². The van der Waals surface area contributed by atoms with Crippen molar-refractivity contribution >= 4 is 45.0 Å². The number of aromatic hydroxyl groups is 1. The molecule has 5 nitrogen and oxygen atoms in total. The number of aromatic nitrogens is 1. The average molecular weight is 309 g/mol. The molecule has 0 radical (unpaired) electrons. The quantitative estimate of drug-likeness (QED) is 0.712. The van der Waals surface area contributed by atoms with Crippen molar-refractivity contribution in [3.63, 3.8) is 0 Å². The first-order valence-corrected chi connectivity index (χ1v) is 7.60. The highest BCUT2D eigenvalue weighted by atomic mass is 32.1. The summed E-state index contributed by atoms with van der Waals surface area (Å²) < 4.78 is 1.01. The van der Waals surface area contributed by atoms with Crippen molar-refractivity contribution in [2.24, 2.45) is 4.99 Å². The summed E-state index contributed by atoms with van der Waals surface area (Å²) in [6.45, 7) is 0. The van der Waals surface area contributed by atoms with Gasteiger partial charge in [-0.25, -0.2) is 4.98 Å². The van der Waals surface area contributed by atoms with Gasteiger partial charge in [0, 0.05) is 17.5 Å². The number of thiazole rings is 1. The first-order chi connectivity index (χ1) is 10.7. The number of hydrogen-bond acceptors (Lipinski definition) is 5. The summed E-state index contributed by atoms with van der Waals surface area (Å²) in [4.78, 5) is 20.9. The number of phenolic OH excluding ortho intramolecular Hbond substituents is 1. The molecule has 2 aromatic carbocycles. The van der Waals surface area contributed by atoms with Gasteiger partial charge in [0.25, 0.3) is 0 Å². The van der Waals surface area contributed by atoms with E-state index in [1.165, 1.54) is 11.3 Å². The van der Waals surface area contributed by atoms with Gasteiger partial charge in [-0.05, 0) is 36.4 Å². The summed E-state index contributed by atoms with van der Waals surface area (Å²) >= 11 is 1.52. The zero-order valence-corrected chi connectivity index (χ0v) is 12.2. The van der Waals surface area contributed by atoms with Gasteiger partial charge in [0.15, 0.2) is 0 Å². The van der Waals surface area contributed by atoms with Crippen LogP contribution < -0.4 is 5.32 Å². The third-order valence-corrected chi connectivity index (χ3v) is 4.49. The predicted molar refractivity (Wildman–Crippen MR) is 87.2 cm³/mol. The van der Waals surface area contributed by atoms with Crippen LogP contribution in [0.5, 0.6) is 5.75 Å². The first-order valence-electron chi connectivity index (χ1n) is 6.72.